The second-order valence-electron chi connectivity index (χ2n) is 4.81. The fourth-order valence-electron chi connectivity index (χ4n) is 2.67. The summed E-state index contributed by atoms with van der Waals surface area (Å²) in [6.45, 7) is 3.22. The summed E-state index contributed by atoms with van der Waals surface area (Å²) in [5.74, 6) is 0.455. The number of carbonyl (C=O) groups excluding carboxylic acids is 1. The normalized spacial score (nSPS) is 12.3. The van der Waals surface area contributed by atoms with Gasteiger partial charge in [-0.05, 0) is 35.1 Å². The van der Waals surface area contributed by atoms with Crippen LogP contribution in [0.2, 0.25) is 0 Å². The van der Waals surface area contributed by atoms with Crippen molar-refractivity contribution in [2.45, 2.75) is 32.1 Å². The Morgan fingerprint density at radius 3 is 2.68 bits per heavy atom. The molecule has 2 aromatic carbocycles. The molecule has 1 unspecified atom stereocenters. The zero-order valence-corrected chi connectivity index (χ0v) is 11.3. The van der Waals surface area contributed by atoms with Crippen molar-refractivity contribution >= 4 is 17.2 Å². The Morgan fingerprint density at radius 2 is 1.89 bits per heavy atom. The number of rotatable bonds is 7. The van der Waals surface area contributed by atoms with Crippen molar-refractivity contribution in [3.05, 3.63) is 48.0 Å². The van der Waals surface area contributed by atoms with E-state index in [4.69, 9.17) is 4.74 Å². The lowest BCUT2D eigenvalue weighted by Crippen LogP contribution is -2.04. The quantitative estimate of drug-likeness (QED) is 0.545. The lowest BCUT2D eigenvalue weighted by molar-refractivity contribution is -0.128. The van der Waals surface area contributed by atoms with E-state index in [0.29, 0.717) is 19.0 Å². The molecule has 0 heterocycles. The minimum Gasteiger partial charge on any atom is -0.468 e. The first-order chi connectivity index (χ1) is 9.36. The average molecular weight is 256 g/mol. The van der Waals surface area contributed by atoms with E-state index in [-0.39, 0.29) is 0 Å². The smallest absolute Gasteiger partial charge is 0.293 e. The van der Waals surface area contributed by atoms with E-state index in [1.165, 1.54) is 16.3 Å². The molecule has 0 fully saturated rings. The number of carbonyl (C=O) groups is 1. The Morgan fingerprint density at radius 1 is 1.11 bits per heavy atom. The summed E-state index contributed by atoms with van der Waals surface area (Å²) >= 11 is 0. The molecular formula is C17H20O2. The highest BCUT2D eigenvalue weighted by atomic mass is 16.5. The number of ether oxygens (including phenoxy) is 1. The molecule has 2 aromatic rings. The fourth-order valence-corrected chi connectivity index (χ4v) is 2.67. The molecule has 0 aromatic heterocycles. The maximum absolute atomic E-state index is 10.3. The molecule has 100 valence electrons. The van der Waals surface area contributed by atoms with Gasteiger partial charge in [0.05, 0.1) is 6.61 Å². The van der Waals surface area contributed by atoms with E-state index >= 15 is 0 Å². The molecule has 0 aliphatic rings. The standard InChI is InChI=1S/C17H20O2/c1-2-6-14(11-12-19-13-18)17-10-5-8-15-7-3-4-9-16(15)17/h3-5,7-10,13-14H,2,6,11-12H2,1H3. The lowest BCUT2D eigenvalue weighted by atomic mass is 9.88. The monoisotopic (exact) mass is 256 g/mol. The molecule has 0 aliphatic carbocycles. The van der Waals surface area contributed by atoms with Gasteiger partial charge in [-0.3, -0.25) is 4.79 Å². The molecule has 2 heteroatoms. The van der Waals surface area contributed by atoms with E-state index in [2.05, 4.69) is 49.4 Å². The van der Waals surface area contributed by atoms with Gasteiger partial charge in [-0.15, -0.1) is 0 Å². The van der Waals surface area contributed by atoms with Crippen molar-refractivity contribution in [3.63, 3.8) is 0 Å². The highest BCUT2D eigenvalue weighted by Crippen LogP contribution is 2.31. The molecule has 2 rings (SSSR count). The molecular weight excluding hydrogens is 236 g/mol. The Labute approximate surface area is 114 Å². The third kappa shape index (κ3) is 3.34. The Kier molecular flexibility index (Phi) is 4.96. The second-order valence-corrected chi connectivity index (χ2v) is 4.81. The van der Waals surface area contributed by atoms with Crippen molar-refractivity contribution in [2.75, 3.05) is 6.61 Å². The molecule has 0 saturated heterocycles. The minimum atomic E-state index is 0.455. The van der Waals surface area contributed by atoms with Crippen LogP contribution in [0.5, 0.6) is 0 Å². The van der Waals surface area contributed by atoms with Crippen LogP contribution in [0, 0.1) is 0 Å². The largest absolute Gasteiger partial charge is 0.468 e. The molecule has 0 bridgehead atoms. The van der Waals surface area contributed by atoms with Crippen LogP contribution in [0.15, 0.2) is 42.5 Å². The van der Waals surface area contributed by atoms with Crippen molar-refractivity contribution in [2.24, 2.45) is 0 Å². The van der Waals surface area contributed by atoms with E-state index in [9.17, 15) is 4.79 Å². The van der Waals surface area contributed by atoms with E-state index in [1.807, 2.05) is 0 Å². The maximum atomic E-state index is 10.3. The van der Waals surface area contributed by atoms with E-state index in [1.54, 1.807) is 0 Å². The van der Waals surface area contributed by atoms with Crippen molar-refractivity contribution < 1.29 is 9.53 Å². The number of fused-ring (bicyclic) bond motifs is 1. The minimum absolute atomic E-state index is 0.455. The van der Waals surface area contributed by atoms with Crippen molar-refractivity contribution in [1.29, 1.82) is 0 Å². The molecule has 0 radical (unpaired) electrons. The number of hydrogen-bond acceptors (Lipinski definition) is 2. The van der Waals surface area contributed by atoms with Gasteiger partial charge in [-0.1, -0.05) is 55.8 Å². The molecule has 0 spiro atoms. The van der Waals surface area contributed by atoms with Crippen LogP contribution < -0.4 is 0 Å². The van der Waals surface area contributed by atoms with Crippen LogP contribution in [-0.4, -0.2) is 13.1 Å². The third-order valence-corrected chi connectivity index (χ3v) is 3.55. The van der Waals surface area contributed by atoms with Gasteiger partial charge in [-0.2, -0.15) is 0 Å². The summed E-state index contributed by atoms with van der Waals surface area (Å²) in [4.78, 5) is 10.3. The fraction of sp³-hybridized carbons (Fsp3) is 0.353. The van der Waals surface area contributed by atoms with Gasteiger partial charge in [0, 0.05) is 0 Å². The predicted molar refractivity (Wildman–Crippen MR) is 78.2 cm³/mol. The molecule has 0 aliphatic heterocycles. The van der Waals surface area contributed by atoms with Crippen LogP contribution in [0.3, 0.4) is 0 Å². The highest BCUT2D eigenvalue weighted by Gasteiger charge is 2.13. The molecule has 1 atom stereocenters. The first kappa shape index (κ1) is 13.6. The van der Waals surface area contributed by atoms with E-state index in [0.717, 1.165) is 19.3 Å². The average Bonchev–Trinajstić information content (AvgIpc) is 2.46. The lowest BCUT2D eigenvalue weighted by Gasteiger charge is -2.18. The second kappa shape index (κ2) is 6.93. The van der Waals surface area contributed by atoms with Crippen molar-refractivity contribution in [3.8, 4) is 0 Å². The summed E-state index contributed by atoms with van der Waals surface area (Å²) in [6.07, 6.45) is 3.14. The third-order valence-electron chi connectivity index (χ3n) is 3.55. The van der Waals surface area contributed by atoms with Gasteiger partial charge in [0.25, 0.3) is 6.47 Å². The molecule has 0 N–H and O–H groups in total. The van der Waals surface area contributed by atoms with Crippen molar-refractivity contribution in [1.82, 2.24) is 0 Å². The Bertz CT molecular complexity index is 528. The maximum Gasteiger partial charge on any atom is 0.293 e. The van der Waals surface area contributed by atoms with Gasteiger partial charge in [-0.25, -0.2) is 0 Å². The van der Waals surface area contributed by atoms with E-state index < -0.39 is 0 Å². The van der Waals surface area contributed by atoms with Gasteiger partial charge in [0.2, 0.25) is 0 Å². The highest BCUT2D eigenvalue weighted by molar-refractivity contribution is 5.86. The number of benzene rings is 2. The van der Waals surface area contributed by atoms with Crippen LogP contribution in [0.25, 0.3) is 10.8 Å². The molecule has 0 saturated carbocycles. The summed E-state index contributed by atoms with van der Waals surface area (Å²) < 4.78 is 4.86. The first-order valence-electron chi connectivity index (χ1n) is 6.89. The molecule has 2 nitrogen and oxygen atoms in total. The summed E-state index contributed by atoms with van der Waals surface area (Å²) in [7, 11) is 0. The SMILES string of the molecule is CCCC(CCOC=O)c1cccc2ccccc12. The summed E-state index contributed by atoms with van der Waals surface area (Å²) in [6, 6.07) is 14.9. The van der Waals surface area contributed by atoms with Crippen LogP contribution >= 0.6 is 0 Å². The molecule has 19 heavy (non-hydrogen) atoms. The van der Waals surface area contributed by atoms with Crippen LogP contribution in [0.4, 0.5) is 0 Å². The zero-order chi connectivity index (χ0) is 13.5. The van der Waals surface area contributed by atoms with Gasteiger partial charge in [0.1, 0.15) is 0 Å². The topological polar surface area (TPSA) is 26.3 Å². The Hall–Kier alpha value is -1.83. The summed E-state index contributed by atoms with van der Waals surface area (Å²) in [5, 5.41) is 2.59. The summed E-state index contributed by atoms with van der Waals surface area (Å²) in [5.41, 5.74) is 1.37. The van der Waals surface area contributed by atoms with Gasteiger partial charge in [0.15, 0.2) is 0 Å². The van der Waals surface area contributed by atoms with Gasteiger partial charge >= 0.3 is 0 Å². The number of hydrogen-bond donors (Lipinski definition) is 0. The van der Waals surface area contributed by atoms with Gasteiger partial charge < -0.3 is 4.74 Å². The Balaban J connectivity index is 2.29. The predicted octanol–water partition coefficient (Wildman–Crippen LogP) is 4.29. The first-order valence-corrected chi connectivity index (χ1v) is 6.89. The van der Waals surface area contributed by atoms with Crippen LogP contribution in [-0.2, 0) is 9.53 Å². The zero-order valence-electron chi connectivity index (χ0n) is 11.3. The molecule has 0 amide bonds. The van der Waals surface area contributed by atoms with Crippen LogP contribution in [0.1, 0.15) is 37.7 Å².